The molecule has 2 rings (SSSR count). The fraction of sp³-hybridized carbons (Fsp3) is 0.562. The minimum absolute atomic E-state index is 0.0294. The molecule has 0 atom stereocenters. The van der Waals surface area contributed by atoms with E-state index >= 15 is 0 Å². The average Bonchev–Trinajstić information content (AvgIpc) is 2.47. The van der Waals surface area contributed by atoms with Crippen LogP contribution in [0.25, 0.3) is 0 Å². The van der Waals surface area contributed by atoms with Gasteiger partial charge >= 0.3 is 0 Å². The van der Waals surface area contributed by atoms with Crippen LogP contribution in [0.2, 0.25) is 0 Å². The highest BCUT2D eigenvalue weighted by molar-refractivity contribution is 5.88. The van der Waals surface area contributed by atoms with Crippen molar-refractivity contribution in [2.45, 2.75) is 18.3 Å². The van der Waals surface area contributed by atoms with Gasteiger partial charge in [-0.05, 0) is 44.6 Å². The van der Waals surface area contributed by atoms with Crippen molar-refractivity contribution in [2.75, 3.05) is 40.4 Å². The summed E-state index contributed by atoms with van der Waals surface area (Å²) in [4.78, 5) is 14.7. The maximum atomic E-state index is 13.5. The highest BCUT2D eigenvalue weighted by atomic mass is 19.1. The van der Waals surface area contributed by atoms with Crippen molar-refractivity contribution in [3.05, 3.63) is 35.6 Å². The first-order valence-corrected chi connectivity index (χ1v) is 7.31. The molecule has 1 aromatic rings. The lowest BCUT2D eigenvalue weighted by Gasteiger charge is -2.36. The molecule has 1 fully saturated rings. The van der Waals surface area contributed by atoms with Crippen LogP contribution in [0.4, 0.5) is 4.39 Å². The number of likely N-dealkylation sites (N-methyl/N-ethyl adjacent to an activating group) is 1. The zero-order chi connectivity index (χ0) is 15.3. The second kappa shape index (κ2) is 7.00. The second-order valence-electron chi connectivity index (χ2n) is 5.76. The summed E-state index contributed by atoms with van der Waals surface area (Å²) in [6.45, 7) is 2.42. The van der Waals surface area contributed by atoms with Crippen LogP contribution in [0, 0.1) is 5.82 Å². The Morgan fingerprint density at radius 2 is 2.10 bits per heavy atom. The minimum atomic E-state index is -0.674. The topological polar surface area (TPSA) is 41.6 Å². The molecule has 0 radical (unpaired) electrons. The normalized spacial score (nSPS) is 17.7. The van der Waals surface area contributed by atoms with E-state index in [-0.39, 0.29) is 11.7 Å². The van der Waals surface area contributed by atoms with Crippen LogP contribution in [-0.2, 0) is 14.9 Å². The zero-order valence-electron chi connectivity index (χ0n) is 12.7. The first-order chi connectivity index (χ1) is 10.0. The van der Waals surface area contributed by atoms with Gasteiger partial charge in [0.2, 0.25) is 5.91 Å². The summed E-state index contributed by atoms with van der Waals surface area (Å²) in [5.41, 5.74) is 0.0697. The number of amides is 1. The fourth-order valence-electron chi connectivity index (χ4n) is 2.72. The Morgan fingerprint density at radius 3 is 2.71 bits per heavy atom. The van der Waals surface area contributed by atoms with Crippen molar-refractivity contribution < 1.29 is 13.9 Å². The maximum absolute atomic E-state index is 13.5. The van der Waals surface area contributed by atoms with E-state index in [9.17, 15) is 9.18 Å². The number of benzene rings is 1. The molecule has 0 bridgehead atoms. The van der Waals surface area contributed by atoms with Crippen LogP contribution in [-0.4, -0.2) is 51.2 Å². The van der Waals surface area contributed by atoms with Crippen LogP contribution < -0.4 is 5.32 Å². The van der Waals surface area contributed by atoms with Crippen molar-refractivity contribution in [3.63, 3.8) is 0 Å². The van der Waals surface area contributed by atoms with Crippen LogP contribution >= 0.6 is 0 Å². The summed E-state index contributed by atoms with van der Waals surface area (Å²) < 4.78 is 18.9. The molecule has 1 saturated heterocycles. The largest absolute Gasteiger partial charge is 0.381 e. The van der Waals surface area contributed by atoms with Gasteiger partial charge in [0.1, 0.15) is 5.82 Å². The molecule has 4 nitrogen and oxygen atoms in total. The number of halogens is 1. The van der Waals surface area contributed by atoms with Crippen LogP contribution in [0.15, 0.2) is 24.3 Å². The zero-order valence-corrected chi connectivity index (χ0v) is 12.7. The molecule has 1 aliphatic rings. The van der Waals surface area contributed by atoms with Gasteiger partial charge in [-0.1, -0.05) is 12.1 Å². The molecule has 1 heterocycles. The molecule has 116 valence electrons. The van der Waals surface area contributed by atoms with Gasteiger partial charge in [-0.15, -0.1) is 0 Å². The van der Waals surface area contributed by atoms with Crippen molar-refractivity contribution >= 4 is 5.91 Å². The Bertz CT molecular complexity index is 485. The number of nitrogens with zero attached hydrogens (tertiary/aromatic N) is 1. The van der Waals surface area contributed by atoms with Crippen LogP contribution in [0.3, 0.4) is 0 Å². The van der Waals surface area contributed by atoms with E-state index in [1.807, 2.05) is 25.1 Å². The van der Waals surface area contributed by atoms with Gasteiger partial charge in [0.15, 0.2) is 0 Å². The number of hydrogen-bond acceptors (Lipinski definition) is 3. The minimum Gasteiger partial charge on any atom is -0.381 e. The quantitative estimate of drug-likeness (QED) is 0.896. The first kappa shape index (κ1) is 15.9. The van der Waals surface area contributed by atoms with Crippen molar-refractivity contribution in [1.82, 2.24) is 10.2 Å². The number of rotatable bonds is 5. The molecular weight excluding hydrogens is 271 g/mol. The van der Waals surface area contributed by atoms with Crippen molar-refractivity contribution in [2.24, 2.45) is 0 Å². The third kappa shape index (κ3) is 3.80. The van der Waals surface area contributed by atoms with E-state index in [1.165, 1.54) is 12.1 Å². The molecule has 0 saturated carbocycles. The molecule has 1 N–H and O–H groups in total. The third-order valence-electron chi connectivity index (χ3n) is 4.00. The number of nitrogens with one attached hydrogen (secondary N) is 1. The standard InChI is InChI=1S/C16H23FN2O2/c1-19(2)9-8-18-15(20)16(6-10-21-11-7-16)13-4-3-5-14(17)12-13/h3-5,12H,6-11H2,1-2H3,(H,18,20). The predicted octanol–water partition coefficient (Wildman–Crippen LogP) is 1.55. The second-order valence-corrected chi connectivity index (χ2v) is 5.76. The van der Waals surface area contributed by atoms with E-state index in [2.05, 4.69) is 5.32 Å². The van der Waals surface area contributed by atoms with E-state index in [4.69, 9.17) is 4.74 Å². The van der Waals surface area contributed by atoms with Gasteiger partial charge in [-0.3, -0.25) is 4.79 Å². The molecule has 5 heteroatoms. The average molecular weight is 294 g/mol. The molecular formula is C16H23FN2O2. The maximum Gasteiger partial charge on any atom is 0.230 e. The number of carbonyl (C=O) groups is 1. The summed E-state index contributed by atoms with van der Waals surface area (Å²) in [5, 5.41) is 2.98. The number of hydrogen-bond donors (Lipinski definition) is 1. The highest BCUT2D eigenvalue weighted by Crippen LogP contribution is 2.35. The first-order valence-electron chi connectivity index (χ1n) is 7.31. The Balaban J connectivity index is 2.18. The third-order valence-corrected chi connectivity index (χ3v) is 4.00. The molecule has 0 spiro atoms. The van der Waals surface area contributed by atoms with E-state index in [0.29, 0.717) is 32.6 Å². The van der Waals surface area contributed by atoms with Gasteiger partial charge < -0.3 is 15.0 Å². The summed E-state index contributed by atoms with van der Waals surface area (Å²) in [5.74, 6) is -0.335. The molecule has 21 heavy (non-hydrogen) atoms. The van der Waals surface area contributed by atoms with Crippen molar-refractivity contribution in [1.29, 1.82) is 0 Å². The lowest BCUT2D eigenvalue weighted by Crippen LogP contribution is -2.49. The lowest BCUT2D eigenvalue weighted by molar-refractivity contribution is -0.130. The molecule has 0 unspecified atom stereocenters. The van der Waals surface area contributed by atoms with E-state index < -0.39 is 5.41 Å². The summed E-state index contributed by atoms with van der Waals surface area (Å²) >= 11 is 0. The number of ether oxygens (including phenoxy) is 1. The SMILES string of the molecule is CN(C)CCNC(=O)C1(c2cccc(F)c2)CCOCC1. The smallest absolute Gasteiger partial charge is 0.230 e. The monoisotopic (exact) mass is 294 g/mol. The Hall–Kier alpha value is -1.46. The molecule has 0 aromatic heterocycles. The Kier molecular flexibility index (Phi) is 5.31. The summed E-state index contributed by atoms with van der Waals surface area (Å²) in [7, 11) is 3.92. The van der Waals surface area contributed by atoms with E-state index in [0.717, 1.165) is 12.1 Å². The van der Waals surface area contributed by atoms with Gasteiger partial charge in [-0.2, -0.15) is 0 Å². The van der Waals surface area contributed by atoms with Gasteiger partial charge in [-0.25, -0.2) is 4.39 Å². The van der Waals surface area contributed by atoms with Crippen molar-refractivity contribution in [3.8, 4) is 0 Å². The Morgan fingerprint density at radius 1 is 1.38 bits per heavy atom. The van der Waals surface area contributed by atoms with Gasteiger partial charge in [0.25, 0.3) is 0 Å². The highest BCUT2D eigenvalue weighted by Gasteiger charge is 2.41. The van der Waals surface area contributed by atoms with Gasteiger partial charge in [0, 0.05) is 26.3 Å². The number of carbonyl (C=O) groups excluding carboxylic acids is 1. The molecule has 1 aromatic carbocycles. The summed E-state index contributed by atoms with van der Waals surface area (Å²) in [6.07, 6.45) is 1.18. The van der Waals surface area contributed by atoms with Crippen LogP contribution in [0.1, 0.15) is 18.4 Å². The molecule has 1 aliphatic heterocycles. The van der Waals surface area contributed by atoms with E-state index in [1.54, 1.807) is 6.07 Å². The van der Waals surface area contributed by atoms with Gasteiger partial charge in [0.05, 0.1) is 5.41 Å². The Labute approximate surface area is 125 Å². The fourth-order valence-corrected chi connectivity index (χ4v) is 2.72. The predicted molar refractivity (Wildman–Crippen MR) is 79.7 cm³/mol. The summed E-state index contributed by atoms with van der Waals surface area (Å²) in [6, 6.07) is 6.37. The molecule has 0 aliphatic carbocycles. The van der Waals surface area contributed by atoms with Crippen LogP contribution in [0.5, 0.6) is 0 Å². The lowest BCUT2D eigenvalue weighted by atomic mass is 9.73. The molecule has 1 amide bonds.